The molecule has 2 saturated carbocycles. The van der Waals surface area contributed by atoms with Crippen LogP contribution in [-0.4, -0.2) is 42.3 Å². The average molecular weight is 294 g/mol. The Morgan fingerprint density at radius 3 is 2.48 bits per heavy atom. The van der Waals surface area contributed by atoms with Crippen molar-refractivity contribution in [1.29, 1.82) is 0 Å². The summed E-state index contributed by atoms with van der Waals surface area (Å²) in [5.41, 5.74) is 6.86. The minimum atomic E-state index is -0.0615. The van der Waals surface area contributed by atoms with Gasteiger partial charge in [0, 0.05) is 30.1 Å². The van der Waals surface area contributed by atoms with E-state index in [-0.39, 0.29) is 11.0 Å². The van der Waals surface area contributed by atoms with Crippen LogP contribution in [0.1, 0.15) is 65.7 Å². The van der Waals surface area contributed by atoms with Crippen LogP contribution >= 0.6 is 0 Å². The summed E-state index contributed by atoms with van der Waals surface area (Å²) in [4.78, 5) is 2.74. The van der Waals surface area contributed by atoms with Gasteiger partial charge in [-0.1, -0.05) is 26.7 Å². The summed E-state index contributed by atoms with van der Waals surface area (Å²) in [6, 6.07) is 0.815. The first-order valence-electron chi connectivity index (χ1n) is 9.12. The highest BCUT2D eigenvalue weighted by atomic mass is 16.5. The fraction of sp³-hybridized carbons (Fsp3) is 1.00. The van der Waals surface area contributed by atoms with Crippen LogP contribution in [0, 0.1) is 11.3 Å². The van der Waals surface area contributed by atoms with Gasteiger partial charge in [-0.25, -0.2) is 0 Å². The third-order valence-electron chi connectivity index (χ3n) is 6.85. The summed E-state index contributed by atoms with van der Waals surface area (Å²) < 4.78 is 5.88. The molecule has 3 heteroatoms. The standard InChI is InChI=1S/C18H34N2O/c1-4-21-16-12-18(19,17(16,2)3)13-20-11-7-10-15(20)14-8-5-6-9-14/h14-16H,4-13,19H2,1-3H3. The SMILES string of the molecule is CCOC1CC(N)(CN2CCCC2C2CCCC2)C1(C)C. The van der Waals surface area contributed by atoms with Gasteiger partial charge in [0.15, 0.2) is 0 Å². The highest BCUT2D eigenvalue weighted by Gasteiger charge is 2.59. The zero-order valence-electron chi connectivity index (χ0n) is 14.2. The predicted octanol–water partition coefficient (Wildman–Crippen LogP) is 3.17. The molecule has 122 valence electrons. The Hall–Kier alpha value is -0.120. The molecule has 3 unspecified atom stereocenters. The van der Waals surface area contributed by atoms with Gasteiger partial charge in [0.1, 0.15) is 0 Å². The lowest BCUT2D eigenvalue weighted by molar-refractivity contribution is -0.157. The Balaban J connectivity index is 1.63. The second kappa shape index (κ2) is 5.82. The molecule has 0 aromatic rings. The minimum absolute atomic E-state index is 0.0615. The van der Waals surface area contributed by atoms with E-state index in [4.69, 9.17) is 10.5 Å². The number of nitrogens with zero attached hydrogens (tertiary/aromatic N) is 1. The minimum Gasteiger partial charge on any atom is -0.378 e. The van der Waals surface area contributed by atoms with Crippen molar-refractivity contribution in [3.63, 3.8) is 0 Å². The number of nitrogens with two attached hydrogens (primary N) is 1. The largest absolute Gasteiger partial charge is 0.378 e. The molecule has 1 aliphatic heterocycles. The molecule has 0 spiro atoms. The van der Waals surface area contributed by atoms with Crippen LogP contribution in [0.5, 0.6) is 0 Å². The van der Waals surface area contributed by atoms with Crippen LogP contribution in [0.15, 0.2) is 0 Å². The fourth-order valence-electron chi connectivity index (χ4n) is 5.06. The number of ether oxygens (including phenoxy) is 1. The Morgan fingerprint density at radius 1 is 1.14 bits per heavy atom. The van der Waals surface area contributed by atoms with Gasteiger partial charge in [-0.15, -0.1) is 0 Å². The van der Waals surface area contributed by atoms with Gasteiger partial charge in [-0.05, 0) is 51.5 Å². The van der Waals surface area contributed by atoms with Crippen molar-refractivity contribution in [3.05, 3.63) is 0 Å². The van der Waals surface area contributed by atoms with Gasteiger partial charge in [-0.2, -0.15) is 0 Å². The Morgan fingerprint density at radius 2 is 1.86 bits per heavy atom. The number of likely N-dealkylation sites (tertiary alicyclic amines) is 1. The zero-order valence-corrected chi connectivity index (χ0v) is 14.2. The molecule has 1 saturated heterocycles. The van der Waals surface area contributed by atoms with Crippen LogP contribution in [0.25, 0.3) is 0 Å². The lowest BCUT2D eigenvalue weighted by Gasteiger charge is -2.60. The first-order chi connectivity index (χ1) is 9.98. The van der Waals surface area contributed by atoms with Crippen molar-refractivity contribution in [2.75, 3.05) is 19.7 Å². The number of hydrogen-bond acceptors (Lipinski definition) is 3. The third kappa shape index (κ3) is 2.66. The molecular formula is C18H34N2O. The second-order valence-electron chi connectivity index (χ2n) is 8.25. The zero-order chi connectivity index (χ0) is 15.1. The number of rotatable bonds is 5. The summed E-state index contributed by atoms with van der Waals surface area (Å²) in [5.74, 6) is 0.946. The molecule has 3 rings (SSSR count). The molecule has 3 atom stereocenters. The van der Waals surface area contributed by atoms with E-state index >= 15 is 0 Å². The van der Waals surface area contributed by atoms with Crippen LogP contribution in [-0.2, 0) is 4.74 Å². The van der Waals surface area contributed by atoms with E-state index in [1.54, 1.807) is 0 Å². The van der Waals surface area contributed by atoms with Crippen LogP contribution in [0.3, 0.4) is 0 Å². The monoisotopic (exact) mass is 294 g/mol. The van der Waals surface area contributed by atoms with E-state index < -0.39 is 0 Å². The molecule has 0 amide bonds. The van der Waals surface area contributed by atoms with Gasteiger partial charge < -0.3 is 10.5 Å². The van der Waals surface area contributed by atoms with E-state index in [2.05, 4.69) is 25.7 Å². The van der Waals surface area contributed by atoms with E-state index in [1.165, 1.54) is 45.1 Å². The van der Waals surface area contributed by atoms with Crippen LogP contribution in [0.2, 0.25) is 0 Å². The molecule has 0 bridgehead atoms. The molecule has 0 aromatic heterocycles. The maximum absolute atomic E-state index is 6.82. The van der Waals surface area contributed by atoms with E-state index in [0.717, 1.165) is 31.5 Å². The Labute approximate surface area is 130 Å². The maximum Gasteiger partial charge on any atom is 0.0662 e. The van der Waals surface area contributed by atoms with Crippen molar-refractivity contribution in [2.24, 2.45) is 17.1 Å². The molecule has 0 aromatic carbocycles. The summed E-state index contributed by atoms with van der Waals surface area (Å²) in [5, 5.41) is 0. The molecule has 1 heterocycles. The fourth-order valence-corrected chi connectivity index (χ4v) is 5.06. The normalized spacial score (nSPS) is 40.6. The highest BCUT2D eigenvalue weighted by molar-refractivity contribution is 5.15. The summed E-state index contributed by atoms with van der Waals surface area (Å²) in [7, 11) is 0. The molecule has 2 N–H and O–H groups in total. The maximum atomic E-state index is 6.82. The van der Waals surface area contributed by atoms with Crippen molar-refractivity contribution >= 4 is 0 Å². The quantitative estimate of drug-likeness (QED) is 0.846. The Bertz CT molecular complexity index is 364. The van der Waals surface area contributed by atoms with Crippen molar-refractivity contribution < 1.29 is 4.74 Å². The van der Waals surface area contributed by atoms with Crippen LogP contribution < -0.4 is 5.73 Å². The predicted molar refractivity (Wildman–Crippen MR) is 87.3 cm³/mol. The average Bonchev–Trinajstić information content (AvgIpc) is 3.08. The van der Waals surface area contributed by atoms with Gasteiger partial charge in [0.25, 0.3) is 0 Å². The van der Waals surface area contributed by atoms with Gasteiger partial charge in [0.05, 0.1) is 6.10 Å². The van der Waals surface area contributed by atoms with E-state index in [0.29, 0.717) is 6.10 Å². The van der Waals surface area contributed by atoms with Crippen molar-refractivity contribution in [1.82, 2.24) is 4.90 Å². The summed E-state index contributed by atoms with van der Waals surface area (Å²) >= 11 is 0. The summed E-state index contributed by atoms with van der Waals surface area (Å²) in [6.45, 7) is 9.83. The molecule has 21 heavy (non-hydrogen) atoms. The molecule has 3 aliphatic rings. The summed E-state index contributed by atoms with van der Waals surface area (Å²) in [6.07, 6.45) is 9.93. The molecule has 0 radical (unpaired) electrons. The second-order valence-corrected chi connectivity index (χ2v) is 8.25. The van der Waals surface area contributed by atoms with Crippen molar-refractivity contribution in [3.8, 4) is 0 Å². The van der Waals surface area contributed by atoms with E-state index in [1.807, 2.05) is 0 Å². The van der Waals surface area contributed by atoms with Gasteiger partial charge >= 0.3 is 0 Å². The lowest BCUT2D eigenvalue weighted by Crippen LogP contribution is -2.73. The van der Waals surface area contributed by atoms with Crippen LogP contribution in [0.4, 0.5) is 0 Å². The molecule has 3 fully saturated rings. The van der Waals surface area contributed by atoms with Crippen molar-refractivity contribution in [2.45, 2.75) is 83.4 Å². The first-order valence-corrected chi connectivity index (χ1v) is 9.12. The van der Waals surface area contributed by atoms with Gasteiger partial charge in [0.2, 0.25) is 0 Å². The molecule has 2 aliphatic carbocycles. The highest BCUT2D eigenvalue weighted by Crippen LogP contribution is 2.51. The van der Waals surface area contributed by atoms with Gasteiger partial charge in [-0.3, -0.25) is 4.90 Å². The molecule has 3 nitrogen and oxygen atoms in total. The lowest BCUT2D eigenvalue weighted by atomic mass is 9.54. The Kier molecular flexibility index (Phi) is 4.37. The first kappa shape index (κ1) is 15.8. The molecular weight excluding hydrogens is 260 g/mol. The third-order valence-corrected chi connectivity index (χ3v) is 6.85. The number of hydrogen-bond donors (Lipinski definition) is 1. The van der Waals surface area contributed by atoms with E-state index in [9.17, 15) is 0 Å². The topological polar surface area (TPSA) is 38.5 Å². The smallest absolute Gasteiger partial charge is 0.0662 e.